The molecule has 2 heteroatoms. The molecular formula is C18H15FeN. The van der Waals surface area contributed by atoms with Crippen molar-refractivity contribution >= 4 is 5.69 Å². The maximum Gasteiger partial charge on any atom is 2.00 e. The normalized spacial score (nSPS) is 8.20. The average molecular weight is 301 g/mol. The Hall–Kier alpha value is -2.20. The van der Waals surface area contributed by atoms with Gasteiger partial charge in [0.1, 0.15) is 0 Å². The molecule has 100 valence electrons. The molecule has 0 radical (unpaired) electrons. The molecule has 3 aromatic carbocycles. The minimum absolute atomic E-state index is 0. The largest absolute Gasteiger partial charge is 2.00 e. The maximum absolute atomic E-state index is 3.02. The third-order valence-corrected chi connectivity index (χ3v) is 2.41. The van der Waals surface area contributed by atoms with Crippen molar-refractivity contribution in [3.8, 4) is 12.0 Å². The van der Waals surface area contributed by atoms with E-state index in [1.54, 1.807) is 0 Å². The minimum Gasteiger partial charge on any atom is -0.316 e. The van der Waals surface area contributed by atoms with Gasteiger partial charge in [-0.15, -0.1) is 11.5 Å². The van der Waals surface area contributed by atoms with Crippen LogP contribution in [0, 0.1) is 12.0 Å². The van der Waals surface area contributed by atoms with Crippen molar-refractivity contribution in [2.75, 3.05) is 5.32 Å². The number of benzene rings is 1. The topological polar surface area (TPSA) is 12.0 Å². The molecule has 1 N–H and O–H groups in total. The molecule has 3 aromatic rings. The van der Waals surface area contributed by atoms with E-state index in [4.69, 9.17) is 0 Å². The summed E-state index contributed by atoms with van der Waals surface area (Å²) in [6.45, 7) is 0. The molecule has 0 saturated heterocycles. The number of para-hydroxylation sites is 1. The molecule has 0 bridgehead atoms. The molecule has 0 spiro atoms. The van der Waals surface area contributed by atoms with Crippen LogP contribution < -0.4 is 5.32 Å². The van der Waals surface area contributed by atoms with Gasteiger partial charge in [0.05, 0.1) is 0 Å². The smallest absolute Gasteiger partial charge is 0.316 e. The van der Waals surface area contributed by atoms with Crippen LogP contribution in [0.25, 0.3) is 0 Å². The zero-order valence-electron chi connectivity index (χ0n) is 10.9. The Kier molecular flexibility index (Phi) is 7.68. The van der Waals surface area contributed by atoms with E-state index in [9.17, 15) is 0 Å². The summed E-state index contributed by atoms with van der Waals surface area (Å²) < 4.78 is 0. The van der Waals surface area contributed by atoms with Crippen LogP contribution in [-0.2, 0) is 17.1 Å². The second-order valence-electron chi connectivity index (χ2n) is 3.88. The average Bonchev–Trinajstić information content (AvgIpc) is 3.16. The van der Waals surface area contributed by atoms with E-state index in [-0.39, 0.29) is 17.1 Å². The quantitative estimate of drug-likeness (QED) is 0.307. The van der Waals surface area contributed by atoms with Gasteiger partial charge in [-0.3, -0.25) is 0 Å². The fraction of sp³-hybridized carbons (Fsp3) is 0. The fourth-order valence-corrected chi connectivity index (χ4v) is 1.48. The number of hydrogen-bond acceptors (Lipinski definition) is 1. The maximum atomic E-state index is 3.02. The van der Waals surface area contributed by atoms with Gasteiger partial charge in [0.15, 0.2) is 0 Å². The predicted molar refractivity (Wildman–Crippen MR) is 81.0 cm³/mol. The molecule has 0 heterocycles. The summed E-state index contributed by atoms with van der Waals surface area (Å²) >= 11 is 0. The summed E-state index contributed by atoms with van der Waals surface area (Å²) in [4.78, 5) is 0. The van der Waals surface area contributed by atoms with E-state index in [1.807, 2.05) is 84.9 Å². The van der Waals surface area contributed by atoms with E-state index in [0.29, 0.717) is 0 Å². The van der Waals surface area contributed by atoms with Crippen LogP contribution in [0.1, 0.15) is 5.56 Å². The number of rotatable bonds is 1. The van der Waals surface area contributed by atoms with Gasteiger partial charge in [-0.25, -0.2) is 12.1 Å². The van der Waals surface area contributed by atoms with Crippen molar-refractivity contribution in [1.82, 2.24) is 0 Å². The summed E-state index contributed by atoms with van der Waals surface area (Å²) in [6, 6.07) is 30.7. The Morgan fingerprint density at radius 1 is 0.800 bits per heavy atom. The van der Waals surface area contributed by atoms with Gasteiger partial charge >= 0.3 is 17.1 Å². The van der Waals surface area contributed by atoms with Crippen LogP contribution in [-0.4, -0.2) is 0 Å². The van der Waals surface area contributed by atoms with Crippen LogP contribution in [0.2, 0.25) is 0 Å². The number of hydrogen-bond donors (Lipinski definition) is 1. The molecule has 0 unspecified atom stereocenters. The summed E-state index contributed by atoms with van der Waals surface area (Å²) in [6.07, 6.45) is 0. The summed E-state index contributed by atoms with van der Waals surface area (Å²) in [7, 11) is 0. The van der Waals surface area contributed by atoms with Crippen LogP contribution in [0.15, 0.2) is 84.9 Å². The minimum atomic E-state index is 0. The summed E-state index contributed by atoms with van der Waals surface area (Å²) in [5.41, 5.74) is 2.06. The van der Waals surface area contributed by atoms with Gasteiger partial charge in [0, 0.05) is 5.69 Å². The third kappa shape index (κ3) is 6.11. The Morgan fingerprint density at radius 2 is 1.55 bits per heavy atom. The van der Waals surface area contributed by atoms with Crippen molar-refractivity contribution in [3.05, 3.63) is 90.5 Å². The first-order chi connectivity index (χ1) is 9.45. The van der Waals surface area contributed by atoms with Gasteiger partial charge in [-0.05, 0) is 18.2 Å². The van der Waals surface area contributed by atoms with E-state index in [1.165, 1.54) is 0 Å². The Bertz CT molecular complexity index is 581. The Morgan fingerprint density at radius 3 is 2.10 bits per heavy atom. The fourth-order valence-electron chi connectivity index (χ4n) is 1.48. The molecule has 0 fully saturated rings. The van der Waals surface area contributed by atoms with E-state index in [0.717, 1.165) is 11.3 Å². The van der Waals surface area contributed by atoms with Crippen LogP contribution >= 0.6 is 0 Å². The number of nitrogens with one attached hydrogen (secondary N) is 1. The van der Waals surface area contributed by atoms with Crippen LogP contribution in [0.3, 0.4) is 0 Å². The van der Waals surface area contributed by atoms with Gasteiger partial charge in [-0.2, -0.15) is 42.5 Å². The first-order valence-corrected chi connectivity index (χ1v) is 6.15. The molecule has 0 saturated carbocycles. The molecule has 0 aliphatic carbocycles. The van der Waals surface area contributed by atoms with Gasteiger partial charge in [0.25, 0.3) is 0 Å². The third-order valence-electron chi connectivity index (χ3n) is 2.41. The van der Waals surface area contributed by atoms with E-state index in [2.05, 4.69) is 17.3 Å². The molecule has 3 rings (SSSR count). The predicted octanol–water partition coefficient (Wildman–Crippen LogP) is 4.23. The monoisotopic (exact) mass is 301 g/mol. The second-order valence-corrected chi connectivity index (χ2v) is 3.88. The van der Waals surface area contributed by atoms with E-state index < -0.39 is 0 Å². The van der Waals surface area contributed by atoms with E-state index >= 15 is 0 Å². The molecule has 0 aromatic heterocycles. The molecule has 1 nitrogen and oxygen atoms in total. The van der Waals surface area contributed by atoms with Crippen molar-refractivity contribution in [2.24, 2.45) is 0 Å². The molecular weight excluding hydrogens is 286 g/mol. The van der Waals surface area contributed by atoms with Gasteiger partial charge in [-0.1, -0.05) is 18.2 Å². The second kappa shape index (κ2) is 9.69. The molecule has 0 aliphatic rings. The van der Waals surface area contributed by atoms with Crippen LogP contribution in [0.5, 0.6) is 0 Å². The Balaban J connectivity index is 0.000000283. The zero-order valence-corrected chi connectivity index (χ0v) is 12.0. The van der Waals surface area contributed by atoms with Crippen molar-refractivity contribution in [1.29, 1.82) is 0 Å². The van der Waals surface area contributed by atoms with Crippen molar-refractivity contribution in [2.45, 2.75) is 0 Å². The first kappa shape index (κ1) is 15.9. The molecule has 20 heavy (non-hydrogen) atoms. The Labute approximate surface area is 130 Å². The zero-order chi connectivity index (χ0) is 13.2. The standard InChI is InChI=1S/C13H10N.C5H5.Fe/c1-2-8-13(9-3-1)14-11-10-12-6-4-5-7-12;1-2-4-5-3-1;/h1-9,14H;1-5H;/q2*-1;+2. The molecule has 0 amide bonds. The summed E-state index contributed by atoms with van der Waals surface area (Å²) in [5.74, 6) is 3.01. The van der Waals surface area contributed by atoms with Gasteiger partial charge in [0.2, 0.25) is 0 Å². The number of anilines is 1. The SMILES string of the molecule is C(#Cc1cc[cH-]c1)Nc1ccccc1.[Fe+2].c1cc[cH-]c1. The van der Waals surface area contributed by atoms with Crippen LogP contribution in [0.4, 0.5) is 5.69 Å². The van der Waals surface area contributed by atoms with Crippen molar-refractivity contribution in [3.63, 3.8) is 0 Å². The first-order valence-electron chi connectivity index (χ1n) is 6.15. The van der Waals surface area contributed by atoms with Crippen molar-refractivity contribution < 1.29 is 17.1 Å². The molecule has 0 atom stereocenters. The van der Waals surface area contributed by atoms with Gasteiger partial charge < -0.3 is 5.32 Å². The summed E-state index contributed by atoms with van der Waals surface area (Å²) in [5, 5.41) is 3.02. The molecule has 0 aliphatic heterocycles.